The third-order valence-corrected chi connectivity index (χ3v) is 3.64. The van der Waals surface area contributed by atoms with Crippen molar-refractivity contribution >= 4 is 4.21 Å². The van der Waals surface area contributed by atoms with E-state index in [-0.39, 0.29) is 24.8 Å². The van der Waals surface area contributed by atoms with E-state index in [1.807, 2.05) is 0 Å². The second kappa shape index (κ2) is 13.0. The van der Waals surface area contributed by atoms with Crippen molar-refractivity contribution in [1.82, 2.24) is 0 Å². The summed E-state index contributed by atoms with van der Waals surface area (Å²) in [4.78, 5) is 0. The molecule has 0 bridgehead atoms. The SMILES string of the molecule is CC1=[C-]CC(C)=C1C.CC1=[C-]CC(C)=C1C.[CH2]=[Zr+2].[Cl-].[Cl-]. The first-order valence-corrected chi connectivity index (χ1v) is 8.01. The van der Waals surface area contributed by atoms with Gasteiger partial charge in [-0.1, -0.05) is 27.7 Å². The molecule has 0 nitrogen and oxygen atoms in total. The third kappa shape index (κ3) is 7.91. The van der Waals surface area contributed by atoms with Gasteiger partial charge >= 0.3 is 28.4 Å². The van der Waals surface area contributed by atoms with Crippen molar-refractivity contribution in [3.05, 3.63) is 45.6 Å². The standard InChI is InChI=1S/2C8H11.CH2.2ClH.Zr/c2*1-6-4-5-7(2)8(6)3;;;;/h2*4H2,1-3H3;1H2;2*1H;/q2*-1;;;;+2/p-2. The van der Waals surface area contributed by atoms with Gasteiger partial charge in [0.1, 0.15) is 0 Å². The van der Waals surface area contributed by atoms with Crippen LogP contribution in [-0.2, 0) is 24.2 Å². The average Bonchev–Trinajstić information content (AvgIpc) is 2.83. The van der Waals surface area contributed by atoms with Gasteiger partial charge in [-0.2, -0.15) is 22.3 Å². The van der Waals surface area contributed by atoms with Crippen LogP contribution in [0.3, 0.4) is 0 Å². The third-order valence-electron chi connectivity index (χ3n) is 3.64. The van der Waals surface area contributed by atoms with Crippen LogP contribution in [0, 0.1) is 12.2 Å². The Hall–Kier alpha value is 0.293. The molecule has 0 aromatic rings. The molecule has 0 aromatic carbocycles. The number of hydrogen-bond acceptors (Lipinski definition) is 0. The van der Waals surface area contributed by atoms with E-state index in [0.717, 1.165) is 12.8 Å². The minimum atomic E-state index is 0. The van der Waals surface area contributed by atoms with Gasteiger partial charge in [0.05, 0.1) is 0 Å². The van der Waals surface area contributed by atoms with E-state index in [0.29, 0.717) is 0 Å². The minimum absolute atomic E-state index is 0. The van der Waals surface area contributed by atoms with E-state index in [9.17, 15) is 0 Å². The quantitative estimate of drug-likeness (QED) is 0.462. The maximum Gasteiger partial charge on any atom is -1.00 e. The summed E-state index contributed by atoms with van der Waals surface area (Å²) in [5.41, 5.74) is 8.49. The molecule has 3 heteroatoms. The molecule has 2 rings (SSSR count). The maximum absolute atomic E-state index is 3.34. The minimum Gasteiger partial charge on any atom is -1.00 e. The normalized spacial score (nSPS) is 16.0. The van der Waals surface area contributed by atoms with Crippen molar-refractivity contribution in [3.8, 4) is 0 Å². The Morgan fingerprint density at radius 1 is 0.700 bits per heavy atom. The summed E-state index contributed by atoms with van der Waals surface area (Å²) in [6.45, 7) is 12.9. The molecule has 0 N–H and O–H groups in total. The Labute approximate surface area is 152 Å². The maximum atomic E-state index is 3.34. The number of rotatable bonds is 0. The zero-order valence-electron chi connectivity index (χ0n) is 13.4. The first-order valence-electron chi connectivity index (χ1n) is 6.27. The van der Waals surface area contributed by atoms with Gasteiger partial charge < -0.3 is 24.8 Å². The van der Waals surface area contributed by atoms with Crippen LogP contribution in [0.1, 0.15) is 54.4 Å². The fourth-order valence-corrected chi connectivity index (χ4v) is 1.70. The van der Waals surface area contributed by atoms with Gasteiger partial charge in [-0.15, -0.1) is 26.7 Å². The van der Waals surface area contributed by atoms with E-state index in [4.69, 9.17) is 0 Å². The van der Waals surface area contributed by atoms with Crippen molar-refractivity contribution < 1.29 is 49.0 Å². The topological polar surface area (TPSA) is 0 Å². The van der Waals surface area contributed by atoms with Crippen LogP contribution >= 0.6 is 0 Å². The average molecular weight is 391 g/mol. The Balaban J connectivity index is -0.000000236. The molecule has 0 spiro atoms. The predicted molar refractivity (Wildman–Crippen MR) is 78.0 cm³/mol. The van der Waals surface area contributed by atoms with Crippen LogP contribution < -0.4 is 24.8 Å². The molecule has 0 saturated carbocycles. The molecule has 0 atom stereocenters. The molecule has 2 aliphatic carbocycles. The first kappa shape index (κ1) is 25.3. The van der Waals surface area contributed by atoms with Crippen LogP contribution in [0.15, 0.2) is 33.4 Å². The van der Waals surface area contributed by atoms with E-state index < -0.39 is 0 Å². The summed E-state index contributed by atoms with van der Waals surface area (Å²) in [5.74, 6) is 0. The molecule has 0 aromatic heterocycles. The van der Waals surface area contributed by atoms with E-state index in [1.165, 1.54) is 57.7 Å². The Morgan fingerprint density at radius 2 is 0.950 bits per heavy atom. The molecule has 0 aliphatic heterocycles. The first-order chi connectivity index (χ1) is 8.43. The summed E-state index contributed by atoms with van der Waals surface area (Å²) >= 11 is 1.30. The van der Waals surface area contributed by atoms with Crippen LogP contribution in [-0.4, -0.2) is 4.21 Å². The van der Waals surface area contributed by atoms with Gasteiger partial charge in [0, 0.05) is 0 Å². The Kier molecular flexibility index (Phi) is 16.4. The van der Waals surface area contributed by atoms with Gasteiger partial charge in [-0.05, 0) is 0 Å². The van der Waals surface area contributed by atoms with Crippen LogP contribution in [0.4, 0.5) is 0 Å². The largest absolute Gasteiger partial charge is 1.00 e. The number of hydrogen-bond donors (Lipinski definition) is 0. The molecule has 20 heavy (non-hydrogen) atoms. The molecular formula is C17H24Cl2Zr-2. The summed E-state index contributed by atoms with van der Waals surface area (Å²) in [6, 6.07) is 0. The van der Waals surface area contributed by atoms with Gasteiger partial charge in [0.15, 0.2) is 0 Å². The van der Waals surface area contributed by atoms with Crippen molar-refractivity contribution in [3.63, 3.8) is 0 Å². The van der Waals surface area contributed by atoms with E-state index >= 15 is 0 Å². The molecule has 2 aliphatic rings. The fourth-order valence-electron chi connectivity index (χ4n) is 1.70. The van der Waals surface area contributed by atoms with Gasteiger partial charge in [-0.3, -0.25) is 12.2 Å². The van der Waals surface area contributed by atoms with Crippen LogP contribution in [0.5, 0.6) is 0 Å². The summed E-state index contributed by atoms with van der Waals surface area (Å²) in [5, 5.41) is 0. The zero-order chi connectivity index (χ0) is 14.3. The second-order valence-electron chi connectivity index (χ2n) is 4.77. The summed E-state index contributed by atoms with van der Waals surface area (Å²) < 4.78 is 3.34. The van der Waals surface area contributed by atoms with Gasteiger partial charge in [0.25, 0.3) is 0 Å². The Bertz CT molecular complexity index is 375. The molecule has 0 radical (unpaired) electrons. The van der Waals surface area contributed by atoms with Crippen molar-refractivity contribution in [1.29, 1.82) is 0 Å². The number of allylic oxidation sites excluding steroid dienone is 8. The monoisotopic (exact) mass is 388 g/mol. The molecular weight excluding hydrogens is 366 g/mol. The molecule has 0 saturated heterocycles. The molecule has 0 unspecified atom stereocenters. The zero-order valence-corrected chi connectivity index (χ0v) is 17.3. The van der Waals surface area contributed by atoms with Crippen molar-refractivity contribution in [2.75, 3.05) is 0 Å². The van der Waals surface area contributed by atoms with Gasteiger partial charge in [-0.25, -0.2) is 11.1 Å². The summed E-state index contributed by atoms with van der Waals surface area (Å²) in [6.07, 6.45) is 8.63. The molecule has 112 valence electrons. The van der Waals surface area contributed by atoms with Crippen LogP contribution in [0.25, 0.3) is 0 Å². The predicted octanol–water partition coefficient (Wildman–Crippen LogP) is -1.07. The van der Waals surface area contributed by atoms with E-state index in [2.05, 4.69) is 57.9 Å². The Morgan fingerprint density at radius 3 is 1.00 bits per heavy atom. The summed E-state index contributed by atoms with van der Waals surface area (Å²) in [7, 11) is 0. The van der Waals surface area contributed by atoms with Crippen molar-refractivity contribution in [2.45, 2.75) is 54.4 Å². The molecule has 0 fully saturated rings. The number of halogens is 2. The van der Waals surface area contributed by atoms with Gasteiger partial charge in [0.2, 0.25) is 0 Å². The van der Waals surface area contributed by atoms with Crippen molar-refractivity contribution in [2.24, 2.45) is 0 Å². The van der Waals surface area contributed by atoms with Crippen LogP contribution in [0.2, 0.25) is 0 Å². The second-order valence-corrected chi connectivity index (χ2v) is 4.77. The smallest absolute Gasteiger partial charge is 1.00 e. The molecule has 0 amide bonds. The van der Waals surface area contributed by atoms with E-state index in [1.54, 1.807) is 0 Å². The molecule has 0 heterocycles. The fraction of sp³-hybridized carbons (Fsp3) is 0.471.